The summed E-state index contributed by atoms with van der Waals surface area (Å²) in [7, 11) is 0. The van der Waals surface area contributed by atoms with Gasteiger partial charge < -0.3 is 10.2 Å². The molecule has 158 valence electrons. The number of benzene rings is 1. The summed E-state index contributed by atoms with van der Waals surface area (Å²) in [6.45, 7) is 4.53. The monoisotopic (exact) mass is 426 g/mol. The normalized spacial score (nSPS) is 16.3. The lowest BCUT2D eigenvalue weighted by Gasteiger charge is -2.16. The number of rotatable bonds is 4. The zero-order valence-corrected chi connectivity index (χ0v) is 16.2. The second-order valence-electron chi connectivity index (χ2n) is 7.10. The number of hydrogen-bond donors (Lipinski definition) is 1. The van der Waals surface area contributed by atoms with Crippen molar-refractivity contribution in [1.82, 2.24) is 20.1 Å². The molecule has 0 aliphatic carbocycles. The van der Waals surface area contributed by atoms with Crippen LogP contribution in [0.3, 0.4) is 0 Å². The maximum atomic E-state index is 12.9. The average Bonchev–Trinajstić information content (AvgIpc) is 3.37. The number of aromatic nitrogens is 3. The Morgan fingerprint density at radius 3 is 2.65 bits per heavy atom. The van der Waals surface area contributed by atoms with Crippen molar-refractivity contribution in [2.75, 3.05) is 18.0 Å². The van der Waals surface area contributed by atoms with Gasteiger partial charge in [0.25, 0.3) is 0 Å². The van der Waals surface area contributed by atoms with Crippen molar-refractivity contribution >= 4 is 22.8 Å². The van der Waals surface area contributed by atoms with Crippen molar-refractivity contribution in [3.8, 4) is 11.8 Å². The molecule has 1 fully saturated rings. The summed E-state index contributed by atoms with van der Waals surface area (Å²) in [6, 6.07) is 9.77. The van der Waals surface area contributed by atoms with Crippen LogP contribution in [-0.4, -0.2) is 39.8 Å². The maximum Gasteiger partial charge on any atom is 0.416 e. The number of carbonyl (C=O) groups is 1. The Hall–Kier alpha value is -3.87. The van der Waals surface area contributed by atoms with Gasteiger partial charge in [0.1, 0.15) is 17.3 Å². The third-order valence-electron chi connectivity index (χ3n) is 5.08. The van der Waals surface area contributed by atoms with Gasteiger partial charge >= 0.3 is 6.18 Å². The minimum absolute atomic E-state index is 0.101. The van der Waals surface area contributed by atoms with E-state index in [9.17, 15) is 23.2 Å². The van der Waals surface area contributed by atoms with Gasteiger partial charge in [0.15, 0.2) is 5.82 Å². The molecule has 1 aromatic carbocycles. The number of anilines is 1. The van der Waals surface area contributed by atoms with Crippen LogP contribution in [0.1, 0.15) is 17.7 Å². The highest BCUT2D eigenvalue weighted by Crippen LogP contribution is 2.32. The van der Waals surface area contributed by atoms with Gasteiger partial charge in [0, 0.05) is 19.1 Å². The Kier molecular flexibility index (Phi) is 5.10. The minimum Gasteiger partial charge on any atom is -0.351 e. The number of nitrogens with one attached hydrogen (secondary N) is 1. The maximum absolute atomic E-state index is 12.9. The first-order chi connectivity index (χ1) is 14.8. The molecular weight excluding hydrogens is 409 g/mol. The number of nitrogens with zero attached hydrogens (tertiary/aromatic N) is 5. The molecule has 1 aliphatic heterocycles. The predicted octanol–water partition coefficient (Wildman–Crippen LogP) is 3.19. The molecule has 1 saturated heterocycles. The van der Waals surface area contributed by atoms with Crippen LogP contribution < -0.4 is 10.2 Å². The summed E-state index contributed by atoms with van der Waals surface area (Å²) in [6.07, 6.45) is -2.54. The van der Waals surface area contributed by atoms with Gasteiger partial charge in [-0.2, -0.15) is 18.4 Å². The van der Waals surface area contributed by atoms with Gasteiger partial charge in [-0.15, -0.1) is 5.10 Å². The molecule has 0 spiro atoms. The van der Waals surface area contributed by atoms with Crippen LogP contribution in [0.15, 0.2) is 49.1 Å². The summed E-state index contributed by atoms with van der Waals surface area (Å²) in [4.78, 5) is 17.9. The topological polar surface area (TPSA) is 86.8 Å². The molecule has 1 unspecified atom stereocenters. The number of hydrogen-bond acceptors (Lipinski definition) is 5. The van der Waals surface area contributed by atoms with Crippen molar-refractivity contribution in [3.05, 3.63) is 60.3 Å². The second-order valence-corrected chi connectivity index (χ2v) is 7.10. The van der Waals surface area contributed by atoms with Crippen LogP contribution in [0.25, 0.3) is 16.7 Å². The molecule has 3 heterocycles. The van der Waals surface area contributed by atoms with E-state index in [1.54, 1.807) is 6.07 Å². The fourth-order valence-electron chi connectivity index (χ4n) is 3.58. The fourth-order valence-corrected chi connectivity index (χ4v) is 3.58. The Bertz CT molecular complexity index is 1190. The van der Waals surface area contributed by atoms with Crippen LogP contribution in [0, 0.1) is 11.3 Å². The molecule has 31 heavy (non-hydrogen) atoms. The number of nitriles is 1. The summed E-state index contributed by atoms with van der Waals surface area (Å²) >= 11 is 0. The summed E-state index contributed by atoms with van der Waals surface area (Å²) in [5, 5.41) is 16.7. The molecule has 0 bridgehead atoms. The van der Waals surface area contributed by atoms with E-state index in [4.69, 9.17) is 0 Å². The molecule has 0 radical (unpaired) electrons. The number of alkyl halides is 3. The lowest BCUT2D eigenvalue weighted by Crippen LogP contribution is -2.36. The van der Waals surface area contributed by atoms with Crippen LogP contribution >= 0.6 is 0 Å². The highest BCUT2D eigenvalue weighted by molar-refractivity contribution is 5.89. The zero-order chi connectivity index (χ0) is 22.2. The Balaban J connectivity index is 1.74. The second kappa shape index (κ2) is 7.75. The highest BCUT2D eigenvalue weighted by Gasteiger charge is 2.31. The molecule has 1 atom stereocenters. The smallest absolute Gasteiger partial charge is 0.351 e. The predicted molar refractivity (Wildman–Crippen MR) is 108 cm³/mol. The van der Waals surface area contributed by atoms with E-state index in [1.165, 1.54) is 29.0 Å². The summed E-state index contributed by atoms with van der Waals surface area (Å²) in [5.74, 6) is 0.235. The van der Waals surface area contributed by atoms with E-state index < -0.39 is 11.7 Å². The molecule has 3 aromatic rings. The van der Waals surface area contributed by atoms with Gasteiger partial charge in [-0.05, 0) is 48.9 Å². The number of fused-ring (bicyclic) bond motifs is 1. The van der Waals surface area contributed by atoms with Crippen LogP contribution in [0.2, 0.25) is 0 Å². The highest BCUT2D eigenvalue weighted by atomic mass is 19.4. The molecule has 7 nitrogen and oxygen atoms in total. The van der Waals surface area contributed by atoms with E-state index in [0.29, 0.717) is 42.0 Å². The van der Waals surface area contributed by atoms with Gasteiger partial charge in [-0.1, -0.05) is 6.58 Å². The number of carbonyl (C=O) groups excluding carboxylic acids is 1. The zero-order valence-electron chi connectivity index (χ0n) is 16.2. The average molecular weight is 426 g/mol. The molecule has 1 amide bonds. The SMILES string of the molecule is C=CC(=O)NC1CCN(c2nn(-c3ccc(C(F)(F)F)cc3)c3ccc(C#N)nc23)C1. The number of amides is 1. The van der Waals surface area contributed by atoms with Gasteiger partial charge in [0.2, 0.25) is 5.91 Å². The lowest BCUT2D eigenvalue weighted by molar-refractivity contribution is -0.137. The minimum atomic E-state index is -4.43. The van der Waals surface area contributed by atoms with E-state index in [1.807, 2.05) is 11.0 Å². The quantitative estimate of drug-likeness (QED) is 0.648. The van der Waals surface area contributed by atoms with Crippen molar-refractivity contribution in [2.45, 2.75) is 18.6 Å². The standard InChI is InChI=1S/C21H17F3N6O/c1-2-18(31)26-15-9-10-29(12-15)20-19-17(8-5-14(11-25)27-19)30(28-20)16-6-3-13(4-7-16)21(22,23)24/h2-8,15H,1,9-10,12H2,(H,26,31). The van der Waals surface area contributed by atoms with E-state index in [0.717, 1.165) is 12.1 Å². The number of pyridine rings is 1. The molecule has 1 N–H and O–H groups in total. The van der Waals surface area contributed by atoms with E-state index in [2.05, 4.69) is 22.0 Å². The largest absolute Gasteiger partial charge is 0.416 e. The van der Waals surface area contributed by atoms with Crippen LogP contribution in [0.5, 0.6) is 0 Å². The van der Waals surface area contributed by atoms with Crippen molar-refractivity contribution < 1.29 is 18.0 Å². The molecule has 4 rings (SSSR count). The van der Waals surface area contributed by atoms with Gasteiger partial charge in [0.05, 0.1) is 16.8 Å². The summed E-state index contributed by atoms with van der Waals surface area (Å²) in [5.41, 5.74) is 0.919. The van der Waals surface area contributed by atoms with Crippen LogP contribution in [0.4, 0.5) is 19.0 Å². The Morgan fingerprint density at radius 2 is 2.00 bits per heavy atom. The van der Waals surface area contributed by atoms with Gasteiger partial charge in [-0.25, -0.2) is 9.67 Å². The first-order valence-electron chi connectivity index (χ1n) is 9.45. The van der Waals surface area contributed by atoms with E-state index in [-0.39, 0.29) is 17.6 Å². The van der Waals surface area contributed by atoms with Crippen molar-refractivity contribution in [1.29, 1.82) is 5.26 Å². The third kappa shape index (κ3) is 3.94. The fraction of sp³-hybridized carbons (Fsp3) is 0.238. The Labute approximate surface area is 175 Å². The van der Waals surface area contributed by atoms with Gasteiger partial charge in [-0.3, -0.25) is 4.79 Å². The molecule has 2 aromatic heterocycles. The lowest BCUT2D eigenvalue weighted by atomic mass is 10.2. The Morgan fingerprint density at radius 1 is 1.26 bits per heavy atom. The third-order valence-corrected chi connectivity index (χ3v) is 5.08. The van der Waals surface area contributed by atoms with Crippen molar-refractivity contribution in [2.24, 2.45) is 0 Å². The summed E-state index contributed by atoms with van der Waals surface area (Å²) < 4.78 is 40.3. The molecular formula is C21H17F3N6O. The van der Waals surface area contributed by atoms with Crippen LogP contribution in [-0.2, 0) is 11.0 Å². The molecule has 1 aliphatic rings. The number of halogens is 3. The van der Waals surface area contributed by atoms with E-state index >= 15 is 0 Å². The first kappa shape index (κ1) is 20.4. The first-order valence-corrected chi connectivity index (χ1v) is 9.45. The van der Waals surface area contributed by atoms with Crippen molar-refractivity contribution in [3.63, 3.8) is 0 Å². The molecule has 10 heteroatoms. The molecule has 0 saturated carbocycles.